The molecule has 1 aromatic heterocycles. The molecule has 0 unspecified atom stereocenters. The lowest BCUT2D eigenvalue weighted by Crippen LogP contribution is -3.00. The minimum absolute atomic E-state index is 0. The van der Waals surface area contributed by atoms with Gasteiger partial charge in [0.1, 0.15) is 4.70 Å². The van der Waals surface area contributed by atoms with E-state index in [0.717, 1.165) is 13.1 Å². The molecule has 1 aliphatic heterocycles. The van der Waals surface area contributed by atoms with Gasteiger partial charge in [0.2, 0.25) is 5.52 Å². The molecule has 0 N–H and O–H groups in total. The van der Waals surface area contributed by atoms with Gasteiger partial charge in [0.05, 0.1) is 63.1 Å². The number of halogens is 3. The molecule has 0 saturated carbocycles. The van der Waals surface area contributed by atoms with Crippen LogP contribution < -0.4 is 60.4 Å². The van der Waals surface area contributed by atoms with Gasteiger partial charge in [-0.3, -0.25) is 0 Å². The maximum atomic E-state index is 2.55. The zero-order valence-electron chi connectivity index (χ0n) is 39.8. The highest BCUT2D eigenvalue weighted by Crippen LogP contribution is 2.45. The molecule has 9 heteroatoms. The summed E-state index contributed by atoms with van der Waals surface area (Å²) in [5.74, 6) is 0. The average Bonchev–Trinajstić information content (AvgIpc) is 3.81. The van der Waals surface area contributed by atoms with E-state index in [2.05, 4.69) is 142 Å². The molecule has 0 amide bonds. The summed E-state index contributed by atoms with van der Waals surface area (Å²) in [6.07, 6.45) is 37.4. The molecule has 0 saturated heterocycles. The number of aromatic nitrogens is 1. The maximum Gasteiger partial charge on any atom is 0.262 e. The third-order valence-electron chi connectivity index (χ3n) is 13.7. The highest BCUT2D eigenvalue weighted by Gasteiger charge is 2.24. The molecule has 1 aliphatic rings. The zero-order chi connectivity index (χ0) is 42.0. The molecular weight excluding hydrogens is 996 g/mol. The van der Waals surface area contributed by atoms with E-state index < -0.39 is 0 Å². The number of nitrogens with zero attached hydrogens (tertiary/aromatic N) is 4. The van der Waals surface area contributed by atoms with Gasteiger partial charge in [-0.05, 0) is 104 Å². The van der Waals surface area contributed by atoms with Crippen molar-refractivity contribution in [2.24, 2.45) is 0 Å². The molecule has 2 heterocycles. The molecule has 0 atom stereocenters. The molecule has 4 nitrogen and oxygen atoms in total. The molecule has 4 rings (SSSR count). The van der Waals surface area contributed by atoms with Crippen molar-refractivity contribution in [1.29, 1.82) is 0 Å². The van der Waals surface area contributed by atoms with Crippen molar-refractivity contribution in [1.82, 2.24) is 0 Å². The number of rotatable bonds is 32. The van der Waals surface area contributed by atoms with Crippen LogP contribution in [0.15, 0.2) is 94.9 Å². The van der Waals surface area contributed by atoms with Crippen molar-refractivity contribution in [2.75, 3.05) is 63.8 Å². The number of thiazole rings is 1. The SMILES string of the molecule is CC[N+](CC)(CC)CCCCCCCCCCN1C(=CC=CC=CC=Cc2sc3ccccc3[n+]2CCCCCCCCCC[N+](CC)(CC)CC)Sc2ccccc21.[Br-].[Br-].[Br-]. The van der Waals surface area contributed by atoms with Crippen molar-refractivity contribution < 1.29 is 64.5 Å². The third kappa shape index (κ3) is 19.3. The van der Waals surface area contributed by atoms with Gasteiger partial charge in [-0.1, -0.05) is 136 Å². The fourth-order valence-electron chi connectivity index (χ4n) is 9.13. The van der Waals surface area contributed by atoms with Crippen LogP contribution in [-0.2, 0) is 6.54 Å². The normalized spacial score (nSPS) is 13.7. The lowest BCUT2D eigenvalue weighted by Gasteiger charge is -2.35. The number of fused-ring (bicyclic) bond motifs is 2. The summed E-state index contributed by atoms with van der Waals surface area (Å²) in [4.78, 5) is 3.92. The standard InChI is InChI=1S/C53H85N4S2.3BrH/c1-7-56(8-2,9-3)46-36-26-19-15-13-17-24-34-44-54-48-38-30-32-40-50(48)58-52(54)42-28-22-21-23-29-43-53-55(49-39-31-33-41-51(49)59-53)45-35-25-18-14-16-20-27-37-47-57(10-4,11-5)12-6;;;/h21-23,28-33,38-43H,7-20,24-27,34-37,44-47H2,1-6H3;3*1H/q+3;;;/p-3. The summed E-state index contributed by atoms with van der Waals surface area (Å²) in [7, 11) is 0. The predicted octanol–water partition coefficient (Wildman–Crippen LogP) is 5.77. The number of anilines is 1. The van der Waals surface area contributed by atoms with Gasteiger partial charge >= 0.3 is 0 Å². The van der Waals surface area contributed by atoms with Gasteiger partial charge in [0, 0.05) is 30.0 Å². The van der Waals surface area contributed by atoms with Crippen LogP contribution in [0, 0.1) is 0 Å². The lowest BCUT2D eigenvalue weighted by atomic mass is 10.1. The van der Waals surface area contributed by atoms with Gasteiger partial charge in [0.15, 0.2) is 6.54 Å². The zero-order valence-corrected chi connectivity index (χ0v) is 46.2. The Morgan fingerprint density at radius 2 is 0.984 bits per heavy atom. The highest BCUT2D eigenvalue weighted by atomic mass is 79.9. The first-order valence-electron chi connectivity index (χ1n) is 24.3. The van der Waals surface area contributed by atoms with Gasteiger partial charge in [0.25, 0.3) is 5.01 Å². The van der Waals surface area contributed by atoms with Crippen LogP contribution in [0.25, 0.3) is 16.3 Å². The summed E-state index contributed by atoms with van der Waals surface area (Å²) >= 11 is 3.82. The minimum Gasteiger partial charge on any atom is -1.00 e. The Kier molecular flexibility index (Phi) is 32.4. The largest absolute Gasteiger partial charge is 1.00 e. The number of hydrogen-bond acceptors (Lipinski definition) is 3. The Hall–Kier alpha value is -1.20. The Balaban J connectivity index is 0.00000641. The second kappa shape index (κ2) is 34.2. The van der Waals surface area contributed by atoms with Crippen LogP contribution >= 0.6 is 23.1 Å². The van der Waals surface area contributed by atoms with Gasteiger partial charge in [-0.15, -0.1) is 0 Å². The van der Waals surface area contributed by atoms with E-state index in [1.54, 1.807) is 0 Å². The molecule has 0 fully saturated rings. The van der Waals surface area contributed by atoms with Crippen LogP contribution in [0.1, 0.15) is 149 Å². The first-order valence-corrected chi connectivity index (χ1v) is 26.0. The van der Waals surface area contributed by atoms with Crippen molar-refractivity contribution in [2.45, 2.75) is 156 Å². The van der Waals surface area contributed by atoms with E-state index in [4.69, 9.17) is 0 Å². The molecule has 350 valence electrons. The monoisotopic (exact) mass is 1080 g/mol. The summed E-state index contributed by atoms with van der Waals surface area (Å²) < 4.78 is 6.52. The predicted molar refractivity (Wildman–Crippen MR) is 264 cm³/mol. The number of hydrogen-bond donors (Lipinski definition) is 0. The van der Waals surface area contributed by atoms with Gasteiger partial charge in [-0.2, -0.15) is 4.57 Å². The van der Waals surface area contributed by atoms with E-state index in [1.807, 2.05) is 23.1 Å². The number of thioether (sulfide) groups is 1. The Bertz CT molecular complexity index is 1710. The number of quaternary nitrogens is 2. The number of unbranched alkanes of at least 4 members (excludes halogenated alkanes) is 14. The van der Waals surface area contributed by atoms with Crippen molar-refractivity contribution >= 4 is 45.1 Å². The average molecular weight is 1080 g/mol. The van der Waals surface area contributed by atoms with Crippen LogP contribution in [0.3, 0.4) is 0 Å². The summed E-state index contributed by atoms with van der Waals surface area (Å²) in [5, 5.41) is 2.69. The van der Waals surface area contributed by atoms with Crippen LogP contribution in [0.4, 0.5) is 5.69 Å². The van der Waals surface area contributed by atoms with Gasteiger partial charge in [-0.25, -0.2) is 0 Å². The number of aryl methyl sites for hydroxylation is 1. The third-order valence-corrected chi connectivity index (χ3v) is 16.0. The Labute approximate surface area is 420 Å². The van der Waals surface area contributed by atoms with Crippen LogP contribution in [0.2, 0.25) is 0 Å². The summed E-state index contributed by atoms with van der Waals surface area (Å²) in [6, 6.07) is 17.8. The lowest BCUT2D eigenvalue weighted by molar-refractivity contribution is -0.923. The number of benzene rings is 2. The Morgan fingerprint density at radius 3 is 1.56 bits per heavy atom. The fourth-order valence-corrected chi connectivity index (χ4v) is 11.3. The number of allylic oxidation sites excluding steroid dienone is 6. The molecule has 62 heavy (non-hydrogen) atoms. The second-order valence-electron chi connectivity index (χ2n) is 17.1. The highest BCUT2D eigenvalue weighted by molar-refractivity contribution is 8.03. The van der Waals surface area contributed by atoms with Crippen molar-refractivity contribution in [3.05, 3.63) is 95.0 Å². The number of para-hydroxylation sites is 2. The van der Waals surface area contributed by atoms with Crippen molar-refractivity contribution in [3.63, 3.8) is 0 Å². The summed E-state index contributed by atoms with van der Waals surface area (Å²) in [6.45, 7) is 26.8. The molecule has 0 spiro atoms. The van der Waals surface area contributed by atoms with E-state index in [-0.39, 0.29) is 50.9 Å². The van der Waals surface area contributed by atoms with E-state index in [9.17, 15) is 0 Å². The maximum absolute atomic E-state index is 2.55. The minimum atomic E-state index is 0. The van der Waals surface area contributed by atoms with E-state index in [0.29, 0.717) is 0 Å². The summed E-state index contributed by atoms with van der Waals surface area (Å²) in [5.41, 5.74) is 2.74. The van der Waals surface area contributed by atoms with Crippen molar-refractivity contribution in [3.8, 4) is 0 Å². The van der Waals surface area contributed by atoms with Gasteiger partial charge < -0.3 is 64.8 Å². The van der Waals surface area contributed by atoms with E-state index in [1.165, 1.54) is 195 Å². The molecule has 3 aromatic rings. The molecule has 2 aromatic carbocycles. The molecular formula is C53H85Br3N4S2. The quantitative estimate of drug-likeness (QED) is 0.0340. The molecule has 0 radical (unpaired) electrons. The smallest absolute Gasteiger partial charge is 0.262 e. The molecule has 0 aliphatic carbocycles. The first kappa shape index (κ1) is 58.8. The first-order chi connectivity index (χ1) is 29.0. The molecule has 0 bridgehead atoms. The van der Waals surface area contributed by atoms with Crippen LogP contribution in [0.5, 0.6) is 0 Å². The van der Waals surface area contributed by atoms with E-state index >= 15 is 0 Å². The Morgan fingerprint density at radius 1 is 0.516 bits per heavy atom. The topological polar surface area (TPSA) is 7.12 Å². The second-order valence-corrected chi connectivity index (χ2v) is 19.2. The van der Waals surface area contributed by atoms with Crippen LogP contribution in [-0.4, -0.2) is 67.9 Å². The fraction of sp³-hybridized carbons (Fsp3) is 0.604.